The van der Waals surface area contributed by atoms with E-state index in [0.29, 0.717) is 35.8 Å². The normalized spacial score (nSPS) is 12.3. The van der Waals surface area contributed by atoms with Gasteiger partial charge in [0.15, 0.2) is 0 Å². The van der Waals surface area contributed by atoms with Gasteiger partial charge in [0.25, 0.3) is 0 Å². The average Bonchev–Trinajstić information content (AvgIpc) is 2.94. The summed E-state index contributed by atoms with van der Waals surface area (Å²) in [5.41, 5.74) is 0.510. The van der Waals surface area contributed by atoms with Crippen molar-refractivity contribution in [3.63, 3.8) is 0 Å². The molecule has 0 aliphatic carbocycles. The number of carbonyl (C=O) groups is 3. The van der Waals surface area contributed by atoms with E-state index < -0.39 is 39.8 Å². The van der Waals surface area contributed by atoms with E-state index >= 15 is 0 Å². The number of anilines is 1. The molecule has 11 nitrogen and oxygen atoms in total. The molecular weight excluding hydrogens is 572 g/mol. The smallest absolute Gasteiger partial charge is 0.408 e. The third-order valence-corrected chi connectivity index (χ3v) is 7.78. The molecule has 0 aromatic heterocycles. The van der Waals surface area contributed by atoms with Crippen LogP contribution in [0.25, 0.3) is 10.8 Å². The topological polar surface area (TPSA) is 152 Å². The highest BCUT2D eigenvalue weighted by Gasteiger charge is 2.25. The van der Waals surface area contributed by atoms with E-state index in [1.54, 1.807) is 58.0 Å². The molecule has 0 saturated heterocycles. The monoisotopic (exact) mass is 612 g/mol. The Labute approximate surface area is 252 Å². The first-order chi connectivity index (χ1) is 20.4. The van der Waals surface area contributed by atoms with Crippen molar-refractivity contribution in [1.29, 1.82) is 0 Å². The van der Waals surface area contributed by atoms with Gasteiger partial charge < -0.3 is 25.4 Å². The minimum Gasteiger partial charge on any atom is -0.445 e. The number of sulfonamides is 1. The van der Waals surface area contributed by atoms with Gasteiger partial charge >= 0.3 is 12.2 Å². The molecule has 0 aliphatic heterocycles. The quantitative estimate of drug-likeness (QED) is 0.197. The van der Waals surface area contributed by atoms with Crippen molar-refractivity contribution in [2.24, 2.45) is 0 Å². The van der Waals surface area contributed by atoms with Crippen LogP contribution >= 0.6 is 0 Å². The van der Waals surface area contributed by atoms with E-state index in [4.69, 9.17) is 9.47 Å². The lowest BCUT2D eigenvalue weighted by molar-refractivity contribution is -0.118. The first-order valence-electron chi connectivity index (χ1n) is 14.2. The molecule has 3 aromatic rings. The minimum absolute atomic E-state index is 0.0983. The van der Waals surface area contributed by atoms with Crippen LogP contribution in [-0.4, -0.2) is 51.2 Å². The maximum atomic E-state index is 13.4. The number of carbonyl (C=O) groups excluding carboxylic acids is 3. The molecular formula is C31H40N4O7S. The lowest BCUT2D eigenvalue weighted by Crippen LogP contribution is -2.45. The van der Waals surface area contributed by atoms with Crippen molar-refractivity contribution in [3.05, 3.63) is 72.3 Å². The highest BCUT2D eigenvalue weighted by Crippen LogP contribution is 2.29. The zero-order valence-corrected chi connectivity index (χ0v) is 25.8. The Bertz CT molecular complexity index is 1510. The van der Waals surface area contributed by atoms with Crippen LogP contribution in [-0.2, 0) is 30.9 Å². The van der Waals surface area contributed by atoms with Crippen molar-refractivity contribution in [2.75, 3.05) is 18.4 Å². The molecule has 12 heteroatoms. The van der Waals surface area contributed by atoms with Crippen LogP contribution < -0.4 is 20.7 Å². The van der Waals surface area contributed by atoms with Gasteiger partial charge in [-0.25, -0.2) is 22.7 Å². The van der Waals surface area contributed by atoms with Gasteiger partial charge in [0.1, 0.15) is 18.2 Å². The first-order valence-corrected chi connectivity index (χ1v) is 15.6. The van der Waals surface area contributed by atoms with Gasteiger partial charge in [0.2, 0.25) is 15.9 Å². The molecule has 43 heavy (non-hydrogen) atoms. The second-order valence-electron chi connectivity index (χ2n) is 10.8. The molecule has 0 unspecified atom stereocenters. The molecule has 3 amide bonds. The van der Waals surface area contributed by atoms with E-state index in [1.807, 2.05) is 30.3 Å². The average molecular weight is 613 g/mol. The Morgan fingerprint density at radius 3 is 2.26 bits per heavy atom. The lowest BCUT2D eigenvalue weighted by atomic mass is 10.1. The summed E-state index contributed by atoms with van der Waals surface area (Å²) in [6.07, 6.45) is -0.00626. The molecule has 0 bridgehead atoms. The summed E-state index contributed by atoms with van der Waals surface area (Å²) in [6.45, 7) is 7.57. The molecule has 1 atom stereocenters. The van der Waals surface area contributed by atoms with Crippen LogP contribution in [0.5, 0.6) is 0 Å². The molecule has 0 radical (unpaired) electrons. The Hall–Kier alpha value is -4.16. The van der Waals surface area contributed by atoms with Crippen molar-refractivity contribution in [2.45, 2.75) is 70.1 Å². The molecule has 4 N–H and O–H groups in total. The van der Waals surface area contributed by atoms with Gasteiger partial charge in [-0.05, 0) is 57.7 Å². The van der Waals surface area contributed by atoms with Gasteiger partial charge in [0.05, 0.1) is 4.90 Å². The number of fused-ring (bicyclic) bond motifs is 1. The van der Waals surface area contributed by atoms with E-state index in [9.17, 15) is 22.8 Å². The van der Waals surface area contributed by atoms with Crippen molar-refractivity contribution in [1.82, 2.24) is 15.4 Å². The summed E-state index contributed by atoms with van der Waals surface area (Å²) in [5.74, 6) is -0.492. The SMILES string of the molecule is CCNS(=O)(=O)c1cccc2c(NC(=O)[C@H](CCCCNC(=O)OCc3ccccc3)NC(=O)OC(C)(C)C)cccc12. The number of nitrogens with one attached hydrogen (secondary N) is 4. The third kappa shape index (κ3) is 10.6. The summed E-state index contributed by atoms with van der Waals surface area (Å²) in [4.78, 5) is 38.1. The highest BCUT2D eigenvalue weighted by atomic mass is 32.2. The zero-order chi connectivity index (χ0) is 31.5. The standard InChI is InChI=1S/C31H40N4O7S/c1-5-33-43(39,40)27-19-12-15-23-24(27)16-11-18-25(23)34-28(36)26(35-30(38)42-31(2,3)4)17-9-10-20-32-29(37)41-21-22-13-7-6-8-14-22/h6-8,11-16,18-19,26,33H,5,9-10,17,20-21H2,1-4H3,(H,32,37)(H,34,36)(H,35,38)/t26-/m0/s1. The Kier molecular flexibility index (Phi) is 11.9. The van der Waals surface area contributed by atoms with Crippen LogP contribution in [0.4, 0.5) is 15.3 Å². The van der Waals surface area contributed by atoms with Gasteiger partial charge in [-0.2, -0.15) is 0 Å². The molecule has 0 saturated carbocycles. The number of amides is 3. The van der Waals surface area contributed by atoms with Crippen LogP contribution in [0.3, 0.4) is 0 Å². The van der Waals surface area contributed by atoms with Gasteiger partial charge in [-0.3, -0.25) is 4.79 Å². The number of alkyl carbamates (subject to hydrolysis) is 2. The maximum absolute atomic E-state index is 13.4. The van der Waals surface area contributed by atoms with Crippen molar-refractivity contribution >= 4 is 44.6 Å². The summed E-state index contributed by atoms with van der Waals surface area (Å²) < 4.78 is 38.6. The Morgan fingerprint density at radius 2 is 1.56 bits per heavy atom. The third-order valence-electron chi connectivity index (χ3n) is 6.17. The lowest BCUT2D eigenvalue weighted by Gasteiger charge is -2.23. The minimum atomic E-state index is -3.75. The number of rotatable bonds is 13. The number of benzene rings is 3. The highest BCUT2D eigenvalue weighted by molar-refractivity contribution is 7.89. The zero-order valence-electron chi connectivity index (χ0n) is 24.9. The van der Waals surface area contributed by atoms with E-state index in [-0.39, 0.29) is 24.5 Å². The summed E-state index contributed by atoms with van der Waals surface area (Å²) in [5, 5.41) is 9.15. The fourth-order valence-corrected chi connectivity index (χ4v) is 5.53. The molecule has 0 spiro atoms. The molecule has 3 rings (SSSR count). The Morgan fingerprint density at radius 1 is 0.860 bits per heavy atom. The number of unbranched alkanes of at least 4 members (excludes halogenated alkanes) is 1. The van der Waals surface area contributed by atoms with Crippen LogP contribution in [0.15, 0.2) is 71.6 Å². The van der Waals surface area contributed by atoms with Gasteiger partial charge in [-0.15, -0.1) is 0 Å². The molecule has 3 aromatic carbocycles. The second-order valence-corrected chi connectivity index (χ2v) is 12.6. The van der Waals surface area contributed by atoms with Crippen LogP contribution in [0, 0.1) is 0 Å². The Balaban J connectivity index is 1.66. The van der Waals surface area contributed by atoms with Gasteiger partial charge in [0, 0.05) is 29.5 Å². The van der Waals surface area contributed by atoms with E-state index in [0.717, 1.165) is 5.56 Å². The predicted octanol–water partition coefficient (Wildman–Crippen LogP) is 5.07. The molecule has 232 valence electrons. The number of ether oxygens (including phenoxy) is 2. The number of hydrogen-bond acceptors (Lipinski definition) is 7. The van der Waals surface area contributed by atoms with Crippen LogP contribution in [0.1, 0.15) is 52.5 Å². The summed E-state index contributed by atoms with van der Waals surface area (Å²) in [7, 11) is -3.75. The van der Waals surface area contributed by atoms with E-state index in [2.05, 4.69) is 20.7 Å². The molecule has 0 fully saturated rings. The van der Waals surface area contributed by atoms with Crippen molar-refractivity contribution < 1.29 is 32.3 Å². The number of hydrogen-bond donors (Lipinski definition) is 4. The fourth-order valence-electron chi connectivity index (χ4n) is 4.27. The first kappa shape index (κ1) is 33.3. The van der Waals surface area contributed by atoms with Crippen LogP contribution in [0.2, 0.25) is 0 Å². The predicted molar refractivity (Wildman–Crippen MR) is 165 cm³/mol. The maximum Gasteiger partial charge on any atom is 0.408 e. The molecule has 0 aliphatic rings. The van der Waals surface area contributed by atoms with E-state index in [1.165, 1.54) is 6.07 Å². The summed E-state index contributed by atoms with van der Waals surface area (Å²) >= 11 is 0. The summed E-state index contributed by atoms with van der Waals surface area (Å²) in [6, 6.07) is 18.2. The fraction of sp³-hybridized carbons (Fsp3) is 0.387. The molecule has 0 heterocycles. The van der Waals surface area contributed by atoms with Gasteiger partial charge in [-0.1, -0.05) is 61.5 Å². The second kappa shape index (κ2) is 15.4. The largest absolute Gasteiger partial charge is 0.445 e. The van der Waals surface area contributed by atoms with Crippen molar-refractivity contribution in [3.8, 4) is 0 Å².